The number of fused-ring (bicyclic) bond motifs is 1. The lowest BCUT2D eigenvalue weighted by Crippen LogP contribution is -2.49. The van der Waals surface area contributed by atoms with Crippen molar-refractivity contribution in [2.24, 2.45) is 0 Å². The number of rotatable bonds is 6. The molecule has 0 atom stereocenters. The monoisotopic (exact) mass is 576 g/mol. The molecule has 2 aliphatic heterocycles. The van der Waals surface area contributed by atoms with Crippen LogP contribution in [0.5, 0.6) is 28.7 Å². The third-order valence-electron chi connectivity index (χ3n) is 5.84. The Morgan fingerprint density at radius 3 is 2.21 bits per heavy atom. The molecule has 1 saturated heterocycles. The fourth-order valence-corrected chi connectivity index (χ4v) is 4.03. The molecule has 1 fully saturated rings. The summed E-state index contributed by atoms with van der Waals surface area (Å²) in [7, 11) is 0. The number of phenolic OH excluding ortho intramolecular Hbond substituents is 1. The zero-order chi connectivity index (χ0) is 26.9. The molecular weight excluding hydrogens is 547 g/mol. The third-order valence-corrected chi connectivity index (χ3v) is 6.09. The first-order chi connectivity index (χ1) is 18.4. The SMILES string of the molecule is CC(=O)Oc1ccc(O)cc1.Cl.O=C(COc1ccc(Cl)cc1)N1CCN(Cc2ccc3c(c2)OCO3)CC1. The fourth-order valence-electron chi connectivity index (χ4n) is 3.90. The number of nitrogens with zero attached hydrogens (tertiary/aromatic N) is 2. The van der Waals surface area contributed by atoms with Crippen LogP contribution in [0.2, 0.25) is 5.02 Å². The molecule has 5 rings (SSSR count). The Kier molecular flexibility index (Phi) is 11.1. The van der Waals surface area contributed by atoms with Crippen molar-refractivity contribution in [1.29, 1.82) is 0 Å². The third kappa shape index (κ3) is 9.24. The Balaban J connectivity index is 0.000000297. The molecule has 0 bridgehead atoms. The molecule has 0 aliphatic carbocycles. The van der Waals surface area contributed by atoms with Gasteiger partial charge >= 0.3 is 5.97 Å². The van der Waals surface area contributed by atoms with Crippen LogP contribution in [0.1, 0.15) is 12.5 Å². The second-order valence-electron chi connectivity index (χ2n) is 8.67. The summed E-state index contributed by atoms with van der Waals surface area (Å²) in [6.45, 7) is 5.57. The van der Waals surface area contributed by atoms with Gasteiger partial charge in [-0.2, -0.15) is 0 Å². The highest BCUT2D eigenvalue weighted by atomic mass is 35.5. The van der Waals surface area contributed by atoms with Gasteiger partial charge in [-0.1, -0.05) is 17.7 Å². The molecule has 3 aromatic rings. The Bertz CT molecular complexity index is 1230. The lowest BCUT2D eigenvalue weighted by Gasteiger charge is -2.34. The van der Waals surface area contributed by atoms with Gasteiger partial charge in [-0.15, -0.1) is 12.4 Å². The minimum Gasteiger partial charge on any atom is -0.508 e. The number of ether oxygens (including phenoxy) is 4. The minimum atomic E-state index is -0.365. The number of benzene rings is 3. The molecule has 0 spiro atoms. The van der Waals surface area contributed by atoms with E-state index < -0.39 is 0 Å². The Hall–Kier alpha value is -3.66. The number of phenols is 1. The van der Waals surface area contributed by atoms with Crippen LogP contribution in [-0.2, 0) is 16.1 Å². The van der Waals surface area contributed by atoms with Gasteiger partial charge in [0, 0.05) is 44.7 Å². The first kappa shape index (κ1) is 29.9. The highest BCUT2D eigenvalue weighted by molar-refractivity contribution is 6.30. The largest absolute Gasteiger partial charge is 0.508 e. The van der Waals surface area contributed by atoms with E-state index in [9.17, 15) is 9.59 Å². The molecule has 2 aliphatic rings. The molecule has 0 saturated carbocycles. The van der Waals surface area contributed by atoms with Gasteiger partial charge in [0.2, 0.25) is 6.79 Å². The summed E-state index contributed by atoms with van der Waals surface area (Å²) in [5.74, 6) is 2.49. The minimum absolute atomic E-state index is 0. The smallest absolute Gasteiger partial charge is 0.308 e. The van der Waals surface area contributed by atoms with Crippen molar-refractivity contribution < 1.29 is 33.6 Å². The first-order valence-corrected chi connectivity index (χ1v) is 12.5. The van der Waals surface area contributed by atoms with Crippen LogP contribution in [0.4, 0.5) is 0 Å². The zero-order valence-corrected chi connectivity index (χ0v) is 23.0. The number of halogens is 2. The molecule has 0 unspecified atom stereocenters. The van der Waals surface area contributed by atoms with Crippen LogP contribution >= 0.6 is 24.0 Å². The molecule has 9 nitrogen and oxygen atoms in total. The van der Waals surface area contributed by atoms with Crippen molar-refractivity contribution in [3.05, 3.63) is 77.3 Å². The quantitative estimate of drug-likeness (QED) is 0.337. The van der Waals surface area contributed by atoms with Gasteiger partial charge in [0.05, 0.1) is 0 Å². The average molecular weight is 577 g/mol. The summed E-state index contributed by atoms with van der Waals surface area (Å²) in [5, 5.41) is 9.50. The summed E-state index contributed by atoms with van der Waals surface area (Å²) in [4.78, 5) is 27.0. The zero-order valence-electron chi connectivity index (χ0n) is 21.4. The molecule has 0 aromatic heterocycles. The molecule has 208 valence electrons. The van der Waals surface area contributed by atoms with Gasteiger partial charge in [0.15, 0.2) is 18.1 Å². The van der Waals surface area contributed by atoms with Crippen molar-refractivity contribution in [3.63, 3.8) is 0 Å². The Morgan fingerprint density at radius 1 is 0.897 bits per heavy atom. The summed E-state index contributed by atoms with van der Waals surface area (Å²) >= 11 is 5.85. The second-order valence-corrected chi connectivity index (χ2v) is 9.11. The maximum atomic E-state index is 12.4. The van der Waals surface area contributed by atoms with Gasteiger partial charge < -0.3 is 29.0 Å². The summed E-state index contributed by atoms with van der Waals surface area (Å²) < 4.78 is 21.0. The van der Waals surface area contributed by atoms with Gasteiger partial charge in [0.1, 0.15) is 17.2 Å². The number of esters is 1. The summed E-state index contributed by atoms with van der Waals surface area (Å²) in [5.41, 5.74) is 1.19. The number of piperazine rings is 1. The van der Waals surface area contributed by atoms with E-state index in [-0.39, 0.29) is 43.4 Å². The molecular formula is C28H30Cl2N2O7. The molecule has 1 amide bonds. The number of carbonyl (C=O) groups is 2. The number of carbonyl (C=O) groups excluding carboxylic acids is 2. The standard InChI is InChI=1S/C20H21ClN2O4.C8H8O3.ClH/c21-16-2-4-17(5-3-16)25-13-20(24)23-9-7-22(8-10-23)12-15-1-6-18-19(11-15)27-14-26-18;1-6(9)11-8-4-2-7(10)3-5-8;/h1-6,11H,7-10,12-14H2;2-5,10H,1H3;1H. The predicted molar refractivity (Wildman–Crippen MR) is 148 cm³/mol. The van der Waals surface area contributed by atoms with Crippen LogP contribution in [0, 0.1) is 0 Å². The molecule has 3 aromatic carbocycles. The van der Waals surface area contributed by atoms with E-state index in [1.807, 2.05) is 17.0 Å². The van der Waals surface area contributed by atoms with Gasteiger partial charge in [-0.05, 0) is 66.2 Å². The van der Waals surface area contributed by atoms with Crippen molar-refractivity contribution in [2.45, 2.75) is 13.5 Å². The van der Waals surface area contributed by atoms with Crippen LogP contribution in [-0.4, -0.2) is 66.4 Å². The average Bonchev–Trinajstić information content (AvgIpc) is 3.38. The van der Waals surface area contributed by atoms with Gasteiger partial charge in [-0.3, -0.25) is 14.5 Å². The van der Waals surface area contributed by atoms with Crippen LogP contribution in [0.25, 0.3) is 0 Å². The van der Waals surface area contributed by atoms with E-state index in [2.05, 4.69) is 11.0 Å². The van der Waals surface area contributed by atoms with Crippen LogP contribution in [0.15, 0.2) is 66.7 Å². The first-order valence-electron chi connectivity index (χ1n) is 12.1. The number of hydrogen-bond donors (Lipinski definition) is 1. The lowest BCUT2D eigenvalue weighted by atomic mass is 10.1. The van der Waals surface area contributed by atoms with Crippen LogP contribution < -0.4 is 18.9 Å². The highest BCUT2D eigenvalue weighted by Crippen LogP contribution is 2.32. The van der Waals surface area contributed by atoms with Crippen LogP contribution in [0.3, 0.4) is 0 Å². The van der Waals surface area contributed by atoms with Crippen molar-refractivity contribution in [3.8, 4) is 28.7 Å². The van der Waals surface area contributed by atoms with E-state index in [4.69, 9.17) is 35.7 Å². The second kappa shape index (κ2) is 14.5. The van der Waals surface area contributed by atoms with E-state index in [1.165, 1.54) is 36.8 Å². The van der Waals surface area contributed by atoms with E-state index in [1.54, 1.807) is 24.3 Å². The van der Waals surface area contributed by atoms with Crippen molar-refractivity contribution >= 4 is 35.9 Å². The molecule has 11 heteroatoms. The molecule has 2 heterocycles. The molecule has 39 heavy (non-hydrogen) atoms. The summed E-state index contributed by atoms with van der Waals surface area (Å²) in [6, 6.07) is 19.0. The van der Waals surface area contributed by atoms with E-state index >= 15 is 0 Å². The number of hydrogen-bond acceptors (Lipinski definition) is 8. The normalized spacial score (nSPS) is 13.9. The van der Waals surface area contributed by atoms with Gasteiger partial charge in [0.25, 0.3) is 5.91 Å². The van der Waals surface area contributed by atoms with E-state index in [0.29, 0.717) is 29.6 Å². The molecule has 0 radical (unpaired) electrons. The van der Waals surface area contributed by atoms with E-state index in [0.717, 1.165) is 31.1 Å². The maximum absolute atomic E-state index is 12.4. The Morgan fingerprint density at radius 2 is 1.54 bits per heavy atom. The van der Waals surface area contributed by atoms with Gasteiger partial charge in [-0.25, -0.2) is 0 Å². The van der Waals surface area contributed by atoms with Crippen molar-refractivity contribution in [2.75, 3.05) is 39.6 Å². The lowest BCUT2D eigenvalue weighted by molar-refractivity contribution is -0.135. The highest BCUT2D eigenvalue weighted by Gasteiger charge is 2.22. The van der Waals surface area contributed by atoms with Crippen molar-refractivity contribution in [1.82, 2.24) is 9.80 Å². The predicted octanol–water partition coefficient (Wildman–Crippen LogP) is 4.53. The topological polar surface area (TPSA) is 97.8 Å². The molecule has 1 N–H and O–H groups in total. The summed E-state index contributed by atoms with van der Waals surface area (Å²) in [6.07, 6.45) is 0. The number of amides is 1. The fraction of sp³-hybridized carbons (Fsp3) is 0.286. The Labute approximate surface area is 238 Å². The number of aromatic hydroxyl groups is 1. The maximum Gasteiger partial charge on any atom is 0.308 e.